The number of hydrogen-bond donors (Lipinski definition) is 2. The number of carbonyl (C=O) groups is 2. The molecule has 1 aliphatic heterocycles. The molecule has 3 N–H and O–H groups in total. The van der Waals surface area contributed by atoms with E-state index in [1.54, 1.807) is 41.3 Å². The zero-order valence-electron chi connectivity index (χ0n) is 11.6. The van der Waals surface area contributed by atoms with Crippen molar-refractivity contribution < 1.29 is 9.59 Å². The second-order valence-corrected chi connectivity index (χ2v) is 5.48. The lowest BCUT2D eigenvalue weighted by Crippen LogP contribution is -2.49. The van der Waals surface area contributed by atoms with Crippen LogP contribution in [0.5, 0.6) is 0 Å². The Bertz CT molecular complexity index is 748. The van der Waals surface area contributed by atoms with Gasteiger partial charge in [0.15, 0.2) is 0 Å². The van der Waals surface area contributed by atoms with E-state index in [0.29, 0.717) is 16.3 Å². The summed E-state index contributed by atoms with van der Waals surface area (Å²) in [5, 5.41) is 3.45. The SMILES string of the molecule is NC(=O)CN1c2ccccc2C(=O)NC1c1cccc(Cl)c1. The molecule has 3 rings (SSSR count). The standard InChI is InChI=1S/C16H14ClN3O2/c17-11-5-3-4-10(8-11)15-19-16(22)12-6-1-2-7-13(12)20(15)9-14(18)21/h1-8,15H,9H2,(H2,18,21)(H,19,22). The van der Waals surface area contributed by atoms with Gasteiger partial charge in [0, 0.05) is 5.02 Å². The number of nitrogens with zero attached hydrogens (tertiary/aromatic N) is 1. The summed E-state index contributed by atoms with van der Waals surface area (Å²) in [6, 6.07) is 14.3. The largest absolute Gasteiger partial charge is 0.368 e. The monoisotopic (exact) mass is 315 g/mol. The maximum Gasteiger partial charge on any atom is 0.255 e. The molecule has 0 saturated heterocycles. The Balaban J connectivity index is 2.09. The summed E-state index contributed by atoms with van der Waals surface area (Å²) in [4.78, 5) is 25.5. The second-order valence-electron chi connectivity index (χ2n) is 5.04. The third-order valence-electron chi connectivity index (χ3n) is 3.53. The predicted molar refractivity (Wildman–Crippen MR) is 84.6 cm³/mol. The van der Waals surface area contributed by atoms with Crippen LogP contribution in [-0.2, 0) is 4.79 Å². The van der Waals surface area contributed by atoms with Gasteiger partial charge in [0.05, 0.1) is 17.8 Å². The number of para-hydroxylation sites is 1. The molecule has 0 aromatic heterocycles. The smallest absolute Gasteiger partial charge is 0.255 e. The summed E-state index contributed by atoms with van der Waals surface area (Å²) >= 11 is 6.03. The third kappa shape index (κ3) is 2.63. The number of primary amides is 1. The van der Waals surface area contributed by atoms with Crippen LogP contribution in [0.1, 0.15) is 22.1 Å². The molecule has 2 aromatic rings. The molecular weight excluding hydrogens is 302 g/mol. The number of halogens is 1. The van der Waals surface area contributed by atoms with Gasteiger partial charge in [-0.3, -0.25) is 9.59 Å². The van der Waals surface area contributed by atoms with Crippen molar-refractivity contribution in [3.8, 4) is 0 Å². The van der Waals surface area contributed by atoms with Gasteiger partial charge in [0.2, 0.25) is 5.91 Å². The molecule has 0 spiro atoms. The van der Waals surface area contributed by atoms with E-state index >= 15 is 0 Å². The Morgan fingerprint density at radius 3 is 2.73 bits per heavy atom. The van der Waals surface area contributed by atoms with Crippen LogP contribution in [0.4, 0.5) is 5.69 Å². The highest BCUT2D eigenvalue weighted by atomic mass is 35.5. The molecule has 2 amide bonds. The summed E-state index contributed by atoms with van der Waals surface area (Å²) in [6.07, 6.45) is -0.492. The first-order valence-corrected chi connectivity index (χ1v) is 7.14. The number of carbonyl (C=O) groups excluding carboxylic acids is 2. The number of nitrogens with one attached hydrogen (secondary N) is 1. The molecule has 112 valence electrons. The molecule has 0 fully saturated rings. The molecular formula is C16H14ClN3O2. The Kier molecular flexibility index (Phi) is 3.73. The third-order valence-corrected chi connectivity index (χ3v) is 3.76. The van der Waals surface area contributed by atoms with Gasteiger partial charge in [-0.2, -0.15) is 0 Å². The van der Waals surface area contributed by atoms with Crippen LogP contribution < -0.4 is 16.0 Å². The molecule has 1 atom stereocenters. The zero-order valence-corrected chi connectivity index (χ0v) is 12.4. The molecule has 22 heavy (non-hydrogen) atoms. The number of anilines is 1. The van der Waals surface area contributed by atoms with Gasteiger partial charge in [0.25, 0.3) is 5.91 Å². The predicted octanol–water partition coefficient (Wildman–Crippen LogP) is 2.07. The van der Waals surface area contributed by atoms with Crippen LogP contribution in [0, 0.1) is 0 Å². The summed E-state index contributed by atoms with van der Waals surface area (Å²) in [7, 11) is 0. The molecule has 5 nitrogen and oxygen atoms in total. The van der Waals surface area contributed by atoms with E-state index in [1.165, 1.54) is 0 Å². The maximum absolute atomic E-state index is 12.3. The fourth-order valence-corrected chi connectivity index (χ4v) is 2.82. The summed E-state index contributed by atoms with van der Waals surface area (Å²) in [5.74, 6) is -0.667. The molecule has 0 saturated carbocycles. The molecule has 1 aliphatic rings. The van der Waals surface area contributed by atoms with Crippen molar-refractivity contribution in [1.82, 2.24) is 5.32 Å². The van der Waals surface area contributed by atoms with E-state index in [0.717, 1.165) is 5.56 Å². The van der Waals surface area contributed by atoms with Gasteiger partial charge in [-0.1, -0.05) is 35.9 Å². The average Bonchev–Trinajstić information content (AvgIpc) is 2.49. The van der Waals surface area contributed by atoms with Crippen molar-refractivity contribution in [3.63, 3.8) is 0 Å². The maximum atomic E-state index is 12.3. The van der Waals surface area contributed by atoms with Crippen molar-refractivity contribution in [1.29, 1.82) is 0 Å². The lowest BCUT2D eigenvalue weighted by atomic mass is 10.0. The Hall–Kier alpha value is -2.53. The van der Waals surface area contributed by atoms with Crippen LogP contribution in [0.15, 0.2) is 48.5 Å². The lowest BCUT2D eigenvalue weighted by molar-refractivity contribution is -0.116. The molecule has 6 heteroatoms. The van der Waals surface area contributed by atoms with Gasteiger partial charge in [-0.15, -0.1) is 0 Å². The van der Waals surface area contributed by atoms with E-state index in [4.69, 9.17) is 17.3 Å². The topological polar surface area (TPSA) is 75.4 Å². The van der Waals surface area contributed by atoms with Gasteiger partial charge in [-0.25, -0.2) is 0 Å². The highest BCUT2D eigenvalue weighted by Crippen LogP contribution is 2.33. The highest BCUT2D eigenvalue weighted by Gasteiger charge is 2.32. The van der Waals surface area contributed by atoms with Crippen LogP contribution in [0.25, 0.3) is 0 Å². The first-order valence-electron chi connectivity index (χ1n) is 6.76. The van der Waals surface area contributed by atoms with E-state index in [2.05, 4.69) is 5.32 Å². The van der Waals surface area contributed by atoms with Gasteiger partial charge in [-0.05, 0) is 29.8 Å². The minimum absolute atomic E-state index is 0.00548. The Morgan fingerprint density at radius 1 is 1.23 bits per heavy atom. The molecule has 2 aromatic carbocycles. The molecule has 1 heterocycles. The number of hydrogen-bond acceptors (Lipinski definition) is 3. The zero-order chi connectivity index (χ0) is 15.7. The van der Waals surface area contributed by atoms with Crippen LogP contribution in [0.3, 0.4) is 0 Å². The van der Waals surface area contributed by atoms with E-state index in [9.17, 15) is 9.59 Å². The van der Waals surface area contributed by atoms with E-state index < -0.39 is 12.1 Å². The van der Waals surface area contributed by atoms with Crippen LogP contribution in [0.2, 0.25) is 5.02 Å². The molecule has 0 aliphatic carbocycles. The number of benzene rings is 2. The summed E-state index contributed by atoms with van der Waals surface area (Å²) in [5.41, 5.74) is 7.35. The number of rotatable bonds is 3. The number of nitrogens with two attached hydrogens (primary N) is 1. The van der Waals surface area contributed by atoms with Crippen molar-refractivity contribution in [3.05, 3.63) is 64.7 Å². The second kappa shape index (κ2) is 5.69. The van der Waals surface area contributed by atoms with E-state index in [1.807, 2.05) is 12.1 Å². The minimum atomic E-state index is -0.492. The summed E-state index contributed by atoms with van der Waals surface area (Å²) < 4.78 is 0. The van der Waals surface area contributed by atoms with E-state index in [-0.39, 0.29) is 12.5 Å². The van der Waals surface area contributed by atoms with Gasteiger partial charge >= 0.3 is 0 Å². The minimum Gasteiger partial charge on any atom is -0.368 e. The van der Waals surface area contributed by atoms with Crippen LogP contribution >= 0.6 is 11.6 Å². The highest BCUT2D eigenvalue weighted by molar-refractivity contribution is 6.30. The average molecular weight is 316 g/mol. The van der Waals surface area contributed by atoms with Crippen LogP contribution in [-0.4, -0.2) is 18.4 Å². The van der Waals surface area contributed by atoms with Crippen molar-refractivity contribution in [2.24, 2.45) is 5.73 Å². The fraction of sp³-hybridized carbons (Fsp3) is 0.125. The number of amides is 2. The van der Waals surface area contributed by atoms with Crippen molar-refractivity contribution in [2.45, 2.75) is 6.17 Å². The Labute approximate surface area is 132 Å². The Morgan fingerprint density at radius 2 is 2.00 bits per heavy atom. The summed E-state index contributed by atoms with van der Waals surface area (Å²) in [6.45, 7) is -0.00548. The van der Waals surface area contributed by atoms with Crippen molar-refractivity contribution in [2.75, 3.05) is 11.4 Å². The normalized spacial score (nSPS) is 16.9. The molecule has 1 unspecified atom stereocenters. The number of fused-ring (bicyclic) bond motifs is 1. The first-order chi connectivity index (χ1) is 10.6. The van der Waals surface area contributed by atoms with Crippen molar-refractivity contribution >= 4 is 29.1 Å². The quantitative estimate of drug-likeness (QED) is 0.910. The molecule has 0 bridgehead atoms. The fourth-order valence-electron chi connectivity index (χ4n) is 2.62. The van der Waals surface area contributed by atoms with Gasteiger partial charge in [0.1, 0.15) is 6.17 Å². The molecule has 0 radical (unpaired) electrons. The van der Waals surface area contributed by atoms with Gasteiger partial charge < -0.3 is 16.0 Å². The lowest BCUT2D eigenvalue weighted by Gasteiger charge is -2.38. The first kappa shape index (κ1) is 14.4.